The molecule has 2 aliphatic rings. The highest BCUT2D eigenvalue weighted by Crippen LogP contribution is 2.51. The number of nitrogens with one attached hydrogen (secondary N) is 2. The first-order chi connectivity index (χ1) is 10.3. The Morgan fingerprint density at radius 1 is 1.41 bits per heavy atom. The zero-order valence-electron chi connectivity index (χ0n) is 13.4. The lowest BCUT2D eigenvalue weighted by atomic mass is 9.74. The van der Waals surface area contributed by atoms with Gasteiger partial charge in [0.25, 0.3) is 0 Å². The number of aromatic nitrogens is 1. The number of pyridine rings is 1. The summed E-state index contributed by atoms with van der Waals surface area (Å²) in [5, 5.41) is 3.38. The average molecular weight is 325 g/mol. The molecule has 1 saturated heterocycles. The summed E-state index contributed by atoms with van der Waals surface area (Å²) in [4.78, 5) is 4.29. The molecule has 1 aliphatic carbocycles. The van der Waals surface area contributed by atoms with Crippen LogP contribution < -0.4 is 10.0 Å². The molecule has 1 aliphatic heterocycles. The van der Waals surface area contributed by atoms with E-state index in [0.717, 1.165) is 43.6 Å². The Morgan fingerprint density at radius 2 is 2.09 bits per heavy atom. The van der Waals surface area contributed by atoms with Gasteiger partial charge in [-0.05, 0) is 64.8 Å². The largest absolute Gasteiger partial charge is 0.598 e. The van der Waals surface area contributed by atoms with Crippen LogP contribution in [0.1, 0.15) is 50.9 Å². The molecule has 1 aromatic heterocycles. The molecule has 0 amide bonds. The minimum Gasteiger partial charge on any atom is -0.598 e. The van der Waals surface area contributed by atoms with Crippen molar-refractivity contribution in [2.45, 2.75) is 50.8 Å². The monoisotopic (exact) mass is 325 g/mol. The molecule has 1 fully saturated rings. The van der Waals surface area contributed by atoms with Crippen LogP contribution in [0.4, 0.5) is 4.39 Å². The standard InChI is InChI=1S/C16H24FN3OS/c1-15(2,3)22(21)20-14-12-8-11(17)10-19-13(12)9-16(14)4-6-18-7-5-16/h8,10,14,18,20H,4-7,9H2,1-3H3. The smallest absolute Gasteiger partial charge is 0.141 e. The molecule has 1 spiro atoms. The molecular formula is C16H24FN3OS. The fourth-order valence-corrected chi connectivity index (χ4v) is 4.45. The van der Waals surface area contributed by atoms with E-state index in [1.807, 2.05) is 20.8 Å². The lowest BCUT2D eigenvalue weighted by Crippen LogP contribution is -2.48. The first kappa shape index (κ1) is 16.2. The van der Waals surface area contributed by atoms with E-state index in [0.29, 0.717) is 0 Å². The van der Waals surface area contributed by atoms with Crippen LogP contribution in [0.2, 0.25) is 0 Å². The number of piperidine rings is 1. The maximum atomic E-state index is 13.7. The normalized spacial score (nSPS) is 25.2. The minimum absolute atomic E-state index is 0.00468. The maximum absolute atomic E-state index is 13.7. The zero-order valence-corrected chi connectivity index (χ0v) is 14.2. The minimum atomic E-state index is -1.19. The Kier molecular flexibility index (Phi) is 4.22. The Morgan fingerprint density at radius 3 is 2.73 bits per heavy atom. The molecule has 2 N–H and O–H groups in total. The molecule has 2 unspecified atom stereocenters. The summed E-state index contributed by atoms with van der Waals surface area (Å²) in [5.74, 6) is -0.321. The first-order valence-electron chi connectivity index (χ1n) is 7.85. The van der Waals surface area contributed by atoms with Crippen LogP contribution in [0.3, 0.4) is 0 Å². The lowest BCUT2D eigenvalue weighted by molar-refractivity contribution is 0.163. The molecule has 0 radical (unpaired) electrons. The van der Waals surface area contributed by atoms with Gasteiger partial charge in [0, 0.05) is 22.5 Å². The molecule has 2 heterocycles. The molecule has 0 aromatic carbocycles. The topological polar surface area (TPSA) is 60.0 Å². The van der Waals surface area contributed by atoms with Crippen molar-refractivity contribution < 1.29 is 8.94 Å². The predicted molar refractivity (Wildman–Crippen MR) is 86.2 cm³/mol. The summed E-state index contributed by atoms with van der Waals surface area (Å²) < 4.78 is 29.2. The number of rotatable bonds is 2. The number of halogens is 1. The van der Waals surface area contributed by atoms with Crippen molar-refractivity contribution >= 4 is 11.4 Å². The molecule has 4 nitrogen and oxygen atoms in total. The van der Waals surface area contributed by atoms with E-state index < -0.39 is 11.4 Å². The van der Waals surface area contributed by atoms with Gasteiger partial charge in [-0.25, -0.2) is 4.39 Å². The Bertz CT molecular complexity index is 555. The first-order valence-corrected chi connectivity index (χ1v) is 9.00. The summed E-state index contributed by atoms with van der Waals surface area (Å²) in [6.45, 7) is 7.73. The van der Waals surface area contributed by atoms with Gasteiger partial charge in [0.1, 0.15) is 10.6 Å². The number of nitrogens with zero attached hydrogens (tertiary/aromatic N) is 1. The number of fused-ring (bicyclic) bond motifs is 1. The van der Waals surface area contributed by atoms with Crippen molar-refractivity contribution in [1.29, 1.82) is 0 Å². The predicted octanol–water partition coefficient (Wildman–Crippen LogP) is 2.24. The summed E-state index contributed by atoms with van der Waals surface area (Å²) in [6.07, 6.45) is 4.11. The fraction of sp³-hybridized carbons (Fsp3) is 0.688. The van der Waals surface area contributed by atoms with Crippen LogP contribution in [0.25, 0.3) is 0 Å². The molecule has 6 heteroatoms. The van der Waals surface area contributed by atoms with Gasteiger partial charge in [0.05, 0.1) is 12.2 Å². The van der Waals surface area contributed by atoms with Gasteiger partial charge >= 0.3 is 0 Å². The molecule has 22 heavy (non-hydrogen) atoms. The second-order valence-corrected chi connectivity index (χ2v) is 9.41. The van der Waals surface area contributed by atoms with Gasteiger partial charge in [-0.2, -0.15) is 0 Å². The molecule has 3 rings (SSSR count). The van der Waals surface area contributed by atoms with Gasteiger partial charge in [0.2, 0.25) is 0 Å². The molecular weight excluding hydrogens is 301 g/mol. The summed E-state index contributed by atoms with van der Waals surface area (Å²) in [7, 11) is 0. The van der Waals surface area contributed by atoms with Gasteiger partial charge in [0.15, 0.2) is 0 Å². The average Bonchev–Trinajstić information content (AvgIpc) is 2.72. The van der Waals surface area contributed by atoms with Crippen LogP contribution in [0.5, 0.6) is 0 Å². The van der Waals surface area contributed by atoms with E-state index in [-0.39, 0.29) is 22.0 Å². The summed E-state index contributed by atoms with van der Waals surface area (Å²) in [6, 6.07) is 1.48. The van der Waals surface area contributed by atoms with Crippen LogP contribution >= 0.6 is 0 Å². The van der Waals surface area contributed by atoms with E-state index in [1.165, 1.54) is 6.20 Å². The fourth-order valence-electron chi connectivity index (χ4n) is 3.51. The van der Waals surface area contributed by atoms with Gasteiger partial charge in [-0.1, -0.05) is 0 Å². The molecule has 122 valence electrons. The van der Waals surface area contributed by atoms with Crippen molar-refractivity contribution in [1.82, 2.24) is 15.0 Å². The van der Waals surface area contributed by atoms with Crippen molar-refractivity contribution in [3.8, 4) is 0 Å². The van der Waals surface area contributed by atoms with Crippen LogP contribution in [0, 0.1) is 11.2 Å². The van der Waals surface area contributed by atoms with E-state index in [4.69, 9.17) is 0 Å². The van der Waals surface area contributed by atoms with E-state index >= 15 is 0 Å². The van der Waals surface area contributed by atoms with E-state index in [2.05, 4.69) is 15.0 Å². The van der Waals surface area contributed by atoms with Crippen molar-refractivity contribution in [3.05, 3.63) is 29.3 Å². The quantitative estimate of drug-likeness (QED) is 0.819. The Hall–Kier alpha value is -0.690. The van der Waals surface area contributed by atoms with Crippen molar-refractivity contribution in [2.75, 3.05) is 13.1 Å². The molecule has 0 bridgehead atoms. The van der Waals surface area contributed by atoms with Crippen LogP contribution in [-0.4, -0.2) is 27.4 Å². The third-order valence-electron chi connectivity index (χ3n) is 4.79. The van der Waals surface area contributed by atoms with E-state index in [1.54, 1.807) is 6.07 Å². The number of hydrogen-bond donors (Lipinski definition) is 2. The highest BCUT2D eigenvalue weighted by atomic mass is 32.2. The third kappa shape index (κ3) is 2.89. The third-order valence-corrected chi connectivity index (χ3v) is 6.36. The summed E-state index contributed by atoms with van der Waals surface area (Å²) in [5.41, 5.74) is 1.83. The highest BCUT2D eigenvalue weighted by molar-refractivity contribution is 7.90. The maximum Gasteiger partial charge on any atom is 0.141 e. The Labute approximate surface area is 134 Å². The SMILES string of the molecule is CC(C)(C)[S+]([O-])NC1c2cc(F)cnc2CC12CCNCC2. The second kappa shape index (κ2) is 5.74. The summed E-state index contributed by atoms with van der Waals surface area (Å²) >= 11 is -1.19. The Balaban J connectivity index is 1.95. The van der Waals surface area contributed by atoms with E-state index in [9.17, 15) is 8.94 Å². The van der Waals surface area contributed by atoms with Crippen molar-refractivity contribution in [2.24, 2.45) is 5.41 Å². The van der Waals surface area contributed by atoms with Crippen molar-refractivity contribution in [3.63, 3.8) is 0 Å². The van der Waals surface area contributed by atoms with Crippen LogP contribution in [0.15, 0.2) is 12.3 Å². The van der Waals surface area contributed by atoms with Gasteiger partial charge < -0.3 is 9.87 Å². The number of hydrogen-bond acceptors (Lipinski definition) is 4. The zero-order chi connectivity index (χ0) is 16.0. The van der Waals surface area contributed by atoms with Gasteiger partial charge in [-0.15, -0.1) is 4.72 Å². The highest BCUT2D eigenvalue weighted by Gasteiger charge is 2.50. The molecule has 1 aromatic rings. The lowest BCUT2D eigenvalue weighted by Gasteiger charge is -2.40. The van der Waals surface area contributed by atoms with Gasteiger partial charge in [-0.3, -0.25) is 4.98 Å². The molecule has 0 saturated carbocycles. The van der Waals surface area contributed by atoms with Crippen LogP contribution in [-0.2, 0) is 17.8 Å². The second-order valence-electron chi connectivity index (χ2n) is 7.41. The molecule has 2 atom stereocenters.